The predicted octanol–water partition coefficient (Wildman–Crippen LogP) is 2.27. The summed E-state index contributed by atoms with van der Waals surface area (Å²) in [4.78, 5) is 6.94. The van der Waals surface area contributed by atoms with Gasteiger partial charge in [-0.05, 0) is 37.5 Å². The Balaban J connectivity index is 1.29. The molecule has 0 amide bonds. The van der Waals surface area contributed by atoms with E-state index in [2.05, 4.69) is 15.2 Å². The summed E-state index contributed by atoms with van der Waals surface area (Å²) in [5.74, 6) is 1.70. The van der Waals surface area contributed by atoms with Crippen LogP contribution in [0.15, 0.2) is 4.99 Å². The van der Waals surface area contributed by atoms with Gasteiger partial charge >= 0.3 is 0 Å². The Hall–Kier alpha value is -0.810. The van der Waals surface area contributed by atoms with Gasteiger partial charge in [-0.15, -0.1) is 0 Å². The van der Waals surface area contributed by atoms with E-state index in [-0.39, 0.29) is 0 Å². The molecular weight excluding hydrogens is 290 g/mol. The van der Waals surface area contributed by atoms with Crippen LogP contribution in [0, 0.1) is 11.3 Å². The molecule has 0 bridgehead atoms. The van der Waals surface area contributed by atoms with Gasteiger partial charge in [-0.2, -0.15) is 0 Å². The molecule has 3 rings (SSSR count). The molecule has 3 fully saturated rings. The monoisotopic (exact) mass is 323 g/mol. The number of hydrogen-bond donors (Lipinski definition) is 1. The van der Waals surface area contributed by atoms with E-state index in [0.29, 0.717) is 11.3 Å². The molecule has 2 aliphatic heterocycles. The number of likely N-dealkylation sites (tertiary alicyclic amines) is 1. The van der Waals surface area contributed by atoms with Gasteiger partial charge in [-0.25, -0.2) is 0 Å². The molecule has 0 aromatic rings. The summed E-state index contributed by atoms with van der Waals surface area (Å²) in [6.07, 6.45) is 9.21. The van der Waals surface area contributed by atoms with Crippen LogP contribution in [-0.4, -0.2) is 64.0 Å². The van der Waals surface area contributed by atoms with E-state index >= 15 is 0 Å². The lowest BCUT2D eigenvalue weighted by atomic mass is 9.86. The van der Waals surface area contributed by atoms with Crippen LogP contribution < -0.4 is 5.32 Å². The van der Waals surface area contributed by atoms with Crippen molar-refractivity contribution in [1.82, 2.24) is 10.2 Å². The Morgan fingerprint density at radius 1 is 1.35 bits per heavy atom. The third kappa shape index (κ3) is 4.60. The minimum absolute atomic E-state index is 0.601. The summed E-state index contributed by atoms with van der Waals surface area (Å²) >= 11 is 0. The van der Waals surface area contributed by atoms with Gasteiger partial charge in [0.2, 0.25) is 0 Å². The normalized spacial score (nSPS) is 27.3. The highest BCUT2D eigenvalue weighted by Gasteiger charge is 2.40. The van der Waals surface area contributed by atoms with Gasteiger partial charge in [0.15, 0.2) is 5.96 Å². The standard InChI is InChI=1S/C18H33N3O2/c1-19-17(21-10-8-18(15-21)6-2-3-7-18)20-9-4-11-22-13-16-5-12-23-14-16/h16H,2-15H2,1H3,(H,19,20). The van der Waals surface area contributed by atoms with E-state index in [1.165, 1.54) is 38.6 Å². The van der Waals surface area contributed by atoms with Gasteiger partial charge in [-0.3, -0.25) is 4.99 Å². The highest BCUT2D eigenvalue weighted by molar-refractivity contribution is 5.80. The summed E-state index contributed by atoms with van der Waals surface area (Å²) in [7, 11) is 1.90. The highest BCUT2D eigenvalue weighted by Crippen LogP contribution is 2.45. The molecule has 23 heavy (non-hydrogen) atoms. The topological polar surface area (TPSA) is 46.1 Å². The van der Waals surface area contributed by atoms with Gasteiger partial charge in [0.05, 0.1) is 13.2 Å². The van der Waals surface area contributed by atoms with Gasteiger partial charge in [-0.1, -0.05) is 12.8 Å². The van der Waals surface area contributed by atoms with E-state index in [1.54, 1.807) is 0 Å². The molecule has 2 heterocycles. The molecule has 1 saturated carbocycles. The smallest absolute Gasteiger partial charge is 0.193 e. The first-order valence-corrected chi connectivity index (χ1v) is 9.42. The van der Waals surface area contributed by atoms with Crippen LogP contribution in [0.4, 0.5) is 0 Å². The van der Waals surface area contributed by atoms with E-state index < -0.39 is 0 Å². The van der Waals surface area contributed by atoms with Crippen molar-refractivity contribution in [3.05, 3.63) is 0 Å². The molecule has 132 valence electrons. The lowest BCUT2D eigenvalue weighted by Gasteiger charge is -2.25. The number of nitrogens with one attached hydrogen (secondary N) is 1. The van der Waals surface area contributed by atoms with E-state index in [0.717, 1.165) is 58.3 Å². The maximum Gasteiger partial charge on any atom is 0.193 e. The molecule has 1 N–H and O–H groups in total. The number of aliphatic imine (C=N–C) groups is 1. The third-order valence-electron chi connectivity index (χ3n) is 5.74. The van der Waals surface area contributed by atoms with E-state index in [9.17, 15) is 0 Å². The second-order valence-corrected chi connectivity index (χ2v) is 7.51. The number of hydrogen-bond acceptors (Lipinski definition) is 3. The fourth-order valence-corrected chi connectivity index (χ4v) is 4.32. The summed E-state index contributed by atoms with van der Waals surface area (Å²) in [5.41, 5.74) is 0.601. The average molecular weight is 323 g/mol. The van der Waals surface area contributed by atoms with Crippen molar-refractivity contribution in [3.8, 4) is 0 Å². The molecule has 1 aliphatic carbocycles. The number of nitrogens with zero attached hydrogens (tertiary/aromatic N) is 2. The number of rotatable bonds is 6. The van der Waals surface area contributed by atoms with Crippen LogP contribution in [0.2, 0.25) is 0 Å². The van der Waals surface area contributed by atoms with Gasteiger partial charge in [0, 0.05) is 45.8 Å². The van der Waals surface area contributed by atoms with E-state index in [4.69, 9.17) is 9.47 Å². The molecule has 0 radical (unpaired) electrons. The highest BCUT2D eigenvalue weighted by atomic mass is 16.5. The van der Waals surface area contributed by atoms with Crippen molar-refractivity contribution < 1.29 is 9.47 Å². The van der Waals surface area contributed by atoms with Crippen molar-refractivity contribution >= 4 is 5.96 Å². The molecule has 1 unspecified atom stereocenters. The molecule has 2 saturated heterocycles. The second kappa shape index (κ2) is 8.34. The first-order chi connectivity index (χ1) is 11.3. The molecule has 0 aromatic carbocycles. The van der Waals surface area contributed by atoms with Crippen molar-refractivity contribution in [2.75, 3.05) is 53.1 Å². The lowest BCUT2D eigenvalue weighted by Crippen LogP contribution is -2.41. The fraction of sp³-hybridized carbons (Fsp3) is 0.944. The van der Waals surface area contributed by atoms with Crippen LogP contribution in [-0.2, 0) is 9.47 Å². The van der Waals surface area contributed by atoms with E-state index in [1.807, 2.05) is 7.05 Å². The summed E-state index contributed by atoms with van der Waals surface area (Å²) in [6, 6.07) is 0. The maximum atomic E-state index is 5.76. The first kappa shape index (κ1) is 17.0. The number of guanidine groups is 1. The predicted molar refractivity (Wildman–Crippen MR) is 92.8 cm³/mol. The molecule has 5 heteroatoms. The first-order valence-electron chi connectivity index (χ1n) is 9.42. The minimum Gasteiger partial charge on any atom is -0.381 e. The summed E-state index contributed by atoms with van der Waals surface area (Å²) in [5, 5.41) is 3.52. The molecule has 1 spiro atoms. The fourth-order valence-electron chi connectivity index (χ4n) is 4.32. The van der Waals surface area contributed by atoms with Gasteiger partial charge < -0.3 is 19.7 Å². The molecular formula is C18H33N3O2. The summed E-state index contributed by atoms with van der Waals surface area (Å²) < 4.78 is 11.1. The van der Waals surface area contributed by atoms with Gasteiger partial charge in [0.1, 0.15) is 0 Å². The van der Waals surface area contributed by atoms with Crippen LogP contribution in [0.5, 0.6) is 0 Å². The molecule has 3 aliphatic rings. The zero-order chi connectivity index (χ0) is 16.0. The Morgan fingerprint density at radius 2 is 2.22 bits per heavy atom. The van der Waals surface area contributed by atoms with Crippen LogP contribution >= 0.6 is 0 Å². The van der Waals surface area contributed by atoms with Crippen LogP contribution in [0.25, 0.3) is 0 Å². The van der Waals surface area contributed by atoms with Crippen LogP contribution in [0.1, 0.15) is 44.9 Å². The largest absolute Gasteiger partial charge is 0.381 e. The number of ether oxygens (including phenoxy) is 2. The van der Waals surface area contributed by atoms with Crippen molar-refractivity contribution in [2.45, 2.75) is 44.9 Å². The SMILES string of the molecule is CN=C(NCCCOCC1CCOC1)N1CCC2(CCCC2)C1. The van der Waals surface area contributed by atoms with Crippen LogP contribution in [0.3, 0.4) is 0 Å². The van der Waals surface area contributed by atoms with Crippen molar-refractivity contribution in [2.24, 2.45) is 16.3 Å². The van der Waals surface area contributed by atoms with Crippen molar-refractivity contribution in [1.29, 1.82) is 0 Å². The quantitative estimate of drug-likeness (QED) is 0.463. The van der Waals surface area contributed by atoms with Gasteiger partial charge in [0.25, 0.3) is 0 Å². The zero-order valence-corrected chi connectivity index (χ0v) is 14.7. The third-order valence-corrected chi connectivity index (χ3v) is 5.74. The summed E-state index contributed by atoms with van der Waals surface area (Å²) in [6.45, 7) is 6.76. The van der Waals surface area contributed by atoms with Crippen molar-refractivity contribution in [3.63, 3.8) is 0 Å². The molecule has 1 atom stereocenters. The minimum atomic E-state index is 0.601. The lowest BCUT2D eigenvalue weighted by molar-refractivity contribution is 0.0887. The Bertz CT molecular complexity index is 388. The Labute approximate surface area is 140 Å². The Morgan fingerprint density at radius 3 is 2.96 bits per heavy atom. The second-order valence-electron chi connectivity index (χ2n) is 7.51. The zero-order valence-electron chi connectivity index (χ0n) is 14.7. The molecule has 5 nitrogen and oxygen atoms in total. The molecule has 0 aromatic heterocycles. The Kier molecular flexibility index (Phi) is 6.17. The average Bonchev–Trinajstić information content (AvgIpc) is 3.31. The maximum absolute atomic E-state index is 5.76.